The van der Waals surface area contributed by atoms with Crippen LogP contribution in [0.2, 0.25) is 0 Å². The second kappa shape index (κ2) is 6.41. The first-order valence-corrected chi connectivity index (χ1v) is 6.81. The number of nitrogens with zero attached hydrogens (tertiary/aromatic N) is 1. The van der Waals surface area contributed by atoms with E-state index in [0.717, 1.165) is 19.4 Å². The number of phenols is 1. The second-order valence-electron chi connectivity index (χ2n) is 5.18. The van der Waals surface area contributed by atoms with Crippen LogP contribution in [0.4, 0.5) is 0 Å². The number of amides is 1. The van der Waals surface area contributed by atoms with Crippen molar-refractivity contribution in [2.75, 3.05) is 19.7 Å². The van der Waals surface area contributed by atoms with E-state index in [0.29, 0.717) is 12.5 Å². The number of para-hydroxylation sites is 1. The fourth-order valence-electron chi connectivity index (χ4n) is 2.36. The summed E-state index contributed by atoms with van der Waals surface area (Å²) >= 11 is 0. The Hall–Kier alpha value is -2.04. The molecule has 1 unspecified atom stereocenters. The van der Waals surface area contributed by atoms with Crippen molar-refractivity contribution in [2.24, 2.45) is 5.92 Å². The molecule has 1 N–H and O–H groups in total. The number of rotatable bonds is 3. The molecular weight excluding hydrogens is 258 g/mol. The van der Waals surface area contributed by atoms with Crippen molar-refractivity contribution < 1.29 is 19.4 Å². The van der Waals surface area contributed by atoms with Crippen LogP contribution >= 0.6 is 0 Å². The number of carbonyl (C=O) groups excluding carboxylic acids is 2. The number of esters is 1. The summed E-state index contributed by atoms with van der Waals surface area (Å²) in [5.41, 5.74) is 0.0762. The summed E-state index contributed by atoms with van der Waals surface area (Å²) in [6, 6.07) is 6.12. The molecule has 1 aliphatic rings. The zero-order chi connectivity index (χ0) is 14.5. The maximum absolute atomic E-state index is 12.0. The molecule has 0 aliphatic carbocycles. The highest BCUT2D eigenvalue weighted by atomic mass is 16.5. The molecule has 1 aromatic rings. The average molecular weight is 277 g/mol. The van der Waals surface area contributed by atoms with E-state index in [9.17, 15) is 14.7 Å². The van der Waals surface area contributed by atoms with Crippen LogP contribution in [0, 0.1) is 5.92 Å². The summed E-state index contributed by atoms with van der Waals surface area (Å²) in [5, 5.41) is 9.53. The Bertz CT molecular complexity index is 500. The molecule has 1 saturated heterocycles. The number of aromatic hydroxyl groups is 1. The van der Waals surface area contributed by atoms with E-state index in [2.05, 4.69) is 6.92 Å². The third-order valence-corrected chi connectivity index (χ3v) is 3.46. The van der Waals surface area contributed by atoms with Gasteiger partial charge in [-0.15, -0.1) is 0 Å². The minimum atomic E-state index is -0.679. The third kappa shape index (κ3) is 3.50. The van der Waals surface area contributed by atoms with Gasteiger partial charge in [0, 0.05) is 13.1 Å². The monoisotopic (exact) mass is 277 g/mol. The van der Waals surface area contributed by atoms with Gasteiger partial charge in [0.15, 0.2) is 6.61 Å². The first-order valence-electron chi connectivity index (χ1n) is 6.81. The van der Waals surface area contributed by atoms with Crippen molar-refractivity contribution in [1.29, 1.82) is 0 Å². The molecule has 5 nitrogen and oxygen atoms in total. The molecular formula is C15H19NO4. The van der Waals surface area contributed by atoms with Gasteiger partial charge in [-0.2, -0.15) is 0 Å². The summed E-state index contributed by atoms with van der Waals surface area (Å²) in [5.74, 6) is -0.514. The minimum Gasteiger partial charge on any atom is -0.507 e. The van der Waals surface area contributed by atoms with Gasteiger partial charge in [0.2, 0.25) is 0 Å². The van der Waals surface area contributed by atoms with Gasteiger partial charge in [-0.1, -0.05) is 19.1 Å². The lowest BCUT2D eigenvalue weighted by molar-refractivity contribution is -0.136. The lowest BCUT2D eigenvalue weighted by Gasteiger charge is -2.30. The Morgan fingerprint density at radius 1 is 1.40 bits per heavy atom. The van der Waals surface area contributed by atoms with E-state index in [-0.39, 0.29) is 23.8 Å². The summed E-state index contributed by atoms with van der Waals surface area (Å²) in [7, 11) is 0. The van der Waals surface area contributed by atoms with Crippen molar-refractivity contribution in [3.8, 4) is 5.75 Å². The summed E-state index contributed by atoms with van der Waals surface area (Å²) in [6.45, 7) is 3.26. The predicted molar refractivity (Wildman–Crippen MR) is 73.4 cm³/mol. The summed E-state index contributed by atoms with van der Waals surface area (Å²) in [4.78, 5) is 25.4. The standard InChI is InChI=1S/C15H19NO4/c1-11-5-4-8-16(9-11)14(18)10-20-15(19)12-6-2-3-7-13(12)17/h2-3,6-7,11,17H,4-5,8-10H2,1H3. The maximum Gasteiger partial charge on any atom is 0.342 e. The van der Waals surface area contributed by atoms with Crippen molar-refractivity contribution in [3.63, 3.8) is 0 Å². The molecule has 1 amide bonds. The molecule has 108 valence electrons. The smallest absolute Gasteiger partial charge is 0.342 e. The summed E-state index contributed by atoms with van der Waals surface area (Å²) in [6.07, 6.45) is 2.11. The van der Waals surface area contributed by atoms with Gasteiger partial charge in [-0.3, -0.25) is 4.79 Å². The maximum atomic E-state index is 12.0. The van der Waals surface area contributed by atoms with E-state index in [1.54, 1.807) is 17.0 Å². The van der Waals surface area contributed by atoms with E-state index in [1.165, 1.54) is 12.1 Å². The van der Waals surface area contributed by atoms with Crippen molar-refractivity contribution in [1.82, 2.24) is 4.90 Å². The highest BCUT2D eigenvalue weighted by Gasteiger charge is 2.22. The van der Waals surface area contributed by atoms with Crippen LogP contribution in [-0.2, 0) is 9.53 Å². The van der Waals surface area contributed by atoms with Crippen LogP contribution in [-0.4, -0.2) is 41.6 Å². The third-order valence-electron chi connectivity index (χ3n) is 3.46. The van der Waals surface area contributed by atoms with Crippen molar-refractivity contribution in [3.05, 3.63) is 29.8 Å². The molecule has 0 aromatic heterocycles. The van der Waals surface area contributed by atoms with Gasteiger partial charge in [-0.05, 0) is 30.9 Å². The van der Waals surface area contributed by atoms with Gasteiger partial charge in [-0.25, -0.2) is 4.79 Å². The minimum absolute atomic E-state index is 0.0762. The number of carbonyl (C=O) groups is 2. The Balaban J connectivity index is 1.87. The zero-order valence-electron chi connectivity index (χ0n) is 11.5. The normalized spacial score (nSPS) is 18.6. The predicted octanol–water partition coefficient (Wildman–Crippen LogP) is 1.81. The lowest BCUT2D eigenvalue weighted by Crippen LogP contribution is -2.41. The Morgan fingerprint density at radius 3 is 2.85 bits per heavy atom. The quantitative estimate of drug-likeness (QED) is 0.856. The molecule has 0 radical (unpaired) electrons. The highest BCUT2D eigenvalue weighted by molar-refractivity contribution is 5.93. The fourth-order valence-corrected chi connectivity index (χ4v) is 2.36. The van der Waals surface area contributed by atoms with Gasteiger partial charge in [0.05, 0.1) is 0 Å². The molecule has 0 bridgehead atoms. The number of piperidine rings is 1. The number of likely N-dealkylation sites (tertiary alicyclic amines) is 1. The SMILES string of the molecule is CC1CCCN(C(=O)COC(=O)c2ccccc2O)C1. The average Bonchev–Trinajstić information content (AvgIpc) is 2.45. The number of benzene rings is 1. The van der Waals surface area contributed by atoms with Crippen LogP contribution in [0.15, 0.2) is 24.3 Å². The Labute approximate surface area is 118 Å². The molecule has 0 spiro atoms. The zero-order valence-corrected chi connectivity index (χ0v) is 11.5. The number of hydrogen-bond acceptors (Lipinski definition) is 4. The summed E-state index contributed by atoms with van der Waals surface area (Å²) < 4.78 is 4.97. The molecule has 5 heteroatoms. The molecule has 1 heterocycles. The molecule has 2 rings (SSSR count). The van der Waals surface area contributed by atoms with Gasteiger partial charge in [0.25, 0.3) is 5.91 Å². The number of ether oxygens (including phenoxy) is 1. The van der Waals surface area contributed by atoms with E-state index < -0.39 is 5.97 Å². The molecule has 1 aromatic carbocycles. The van der Waals surface area contributed by atoms with Crippen LogP contribution in [0.25, 0.3) is 0 Å². The van der Waals surface area contributed by atoms with Crippen LogP contribution in [0.3, 0.4) is 0 Å². The second-order valence-corrected chi connectivity index (χ2v) is 5.18. The fraction of sp³-hybridized carbons (Fsp3) is 0.467. The number of hydrogen-bond donors (Lipinski definition) is 1. The lowest BCUT2D eigenvalue weighted by atomic mass is 10.0. The first-order chi connectivity index (χ1) is 9.58. The molecule has 1 aliphatic heterocycles. The van der Waals surface area contributed by atoms with Crippen molar-refractivity contribution >= 4 is 11.9 Å². The van der Waals surface area contributed by atoms with E-state index in [4.69, 9.17) is 4.74 Å². The highest BCUT2D eigenvalue weighted by Crippen LogP contribution is 2.17. The van der Waals surface area contributed by atoms with Gasteiger partial charge < -0.3 is 14.7 Å². The first kappa shape index (κ1) is 14.4. The van der Waals surface area contributed by atoms with Crippen LogP contribution in [0.5, 0.6) is 5.75 Å². The van der Waals surface area contributed by atoms with Crippen LogP contribution in [0.1, 0.15) is 30.1 Å². The number of phenolic OH excluding ortho intramolecular Hbond substituents is 1. The Kier molecular flexibility index (Phi) is 4.61. The van der Waals surface area contributed by atoms with Crippen LogP contribution < -0.4 is 0 Å². The van der Waals surface area contributed by atoms with Crippen molar-refractivity contribution in [2.45, 2.75) is 19.8 Å². The van der Waals surface area contributed by atoms with Gasteiger partial charge in [0.1, 0.15) is 11.3 Å². The molecule has 1 fully saturated rings. The molecule has 1 atom stereocenters. The topological polar surface area (TPSA) is 66.8 Å². The van der Waals surface area contributed by atoms with Gasteiger partial charge >= 0.3 is 5.97 Å². The largest absolute Gasteiger partial charge is 0.507 e. The molecule has 20 heavy (non-hydrogen) atoms. The molecule has 0 saturated carbocycles. The Morgan fingerprint density at radius 2 is 2.15 bits per heavy atom. The van der Waals surface area contributed by atoms with E-state index >= 15 is 0 Å². The van der Waals surface area contributed by atoms with E-state index in [1.807, 2.05) is 0 Å².